The summed E-state index contributed by atoms with van der Waals surface area (Å²) < 4.78 is 16.7. The lowest BCUT2D eigenvalue weighted by molar-refractivity contribution is -0.384. The van der Waals surface area contributed by atoms with E-state index in [-0.39, 0.29) is 12.3 Å². The first-order chi connectivity index (χ1) is 14.6. The van der Waals surface area contributed by atoms with Crippen LogP contribution in [0.1, 0.15) is 5.69 Å². The van der Waals surface area contributed by atoms with E-state index in [9.17, 15) is 10.1 Å². The zero-order valence-corrected chi connectivity index (χ0v) is 16.1. The van der Waals surface area contributed by atoms with Gasteiger partial charge in [0.05, 0.1) is 12.0 Å². The molecule has 4 rings (SSSR count). The lowest BCUT2D eigenvalue weighted by Gasteiger charge is -2.11. The van der Waals surface area contributed by atoms with Crippen molar-refractivity contribution in [3.8, 4) is 34.1 Å². The third kappa shape index (κ3) is 4.15. The molecule has 0 atom stereocenters. The maximum absolute atomic E-state index is 11.2. The Labute approximate surface area is 172 Å². The zero-order valence-electron chi connectivity index (χ0n) is 16.1. The van der Waals surface area contributed by atoms with Crippen LogP contribution >= 0.6 is 0 Å². The Hall–Kier alpha value is -4.13. The van der Waals surface area contributed by atoms with Crippen LogP contribution < -0.4 is 9.47 Å². The Morgan fingerprint density at radius 3 is 2.47 bits per heavy atom. The predicted octanol–water partition coefficient (Wildman–Crippen LogP) is 5.50. The van der Waals surface area contributed by atoms with E-state index in [1.165, 1.54) is 12.1 Å². The van der Waals surface area contributed by atoms with Gasteiger partial charge in [0.2, 0.25) is 5.89 Å². The summed E-state index contributed by atoms with van der Waals surface area (Å²) in [5.41, 5.74) is 2.87. The molecule has 0 N–H and O–H groups in total. The summed E-state index contributed by atoms with van der Waals surface area (Å²) in [5, 5.41) is 11.2. The SMILES string of the molecule is COc1ccc(-c2cc([N+](=O)[O-])ccc2OCc2coc(-c3ccccc3)n2)cc1. The Morgan fingerprint density at radius 1 is 1.00 bits per heavy atom. The Kier molecular flexibility index (Phi) is 5.43. The average Bonchev–Trinajstić information content (AvgIpc) is 3.27. The number of hydrogen-bond donors (Lipinski definition) is 0. The number of nitrogens with zero attached hydrogens (tertiary/aromatic N) is 2. The van der Waals surface area contributed by atoms with Crippen molar-refractivity contribution in [3.63, 3.8) is 0 Å². The average molecular weight is 402 g/mol. The van der Waals surface area contributed by atoms with Crippen LogP contribution in [0.15, 0.2) is 83.5 Å². The molecule has 0 saturated carbocycles. The van der Waals surface area contributed by atoms with Gasteiger partial charge in [0.15, 0.2) is 0 Å². The minimum Gasteiger partial charge on any atom is -0.497 e. The van der Waals surface area contributed by atoms with E-state index in [1.807, 2.05) is 42.5 Å². The van der Waals surface area contributed by atoms with Gasteiger partial charge in [0, 0.05) is 23.3 Å². The van der Waals surface area contributed by atoms with Gasteiger partial charge < -0.3 is 13.9 Å². The summed E-state index contributed by atoms with van der Waals surface area (Å²) in [4.78, 5) is 15.3. The zero-order chi connectivity index (χ0) is 20.9. The van der Waals surface area contributed by atoms with Gasteiger partial charge in [-0.2, -0.15) is 0 Å². The van der Waals surface area contributed by atoms with Gasteiger partial charge in [-0.3, -0.25) is 10.1 Å². The summed E-state index contributed by atoms with van der Waals surface area (Å²) in [6, 6.07) is 21.3. The normalized spacial score (nSPS) is 10.6. The number of oxazole rings is 1. The quantitative estimate of drug-likeness (QED) is 0.299. The highest BCUT2D eigenvalue weighted by molar-refractivity contribution is 5.73. The molecule has 1 aromatic heterocycles. The van der Waals surface area contributed by atoms with E-state index in [1.54, 1.807) is 31.6 Å². The lowest BCUT2D eigenvalue weighted by Crippen LogP contribution is -1.99. The number of nitro benzene ring substituents is 1. The van der Waals surface area contributed by atoms with E-state index >= 15 is 0 Å². The molecule has 1 heterocycles. The lowest BCUT2D eigenvalue weighted by atomic mass is 10.0. The van der Waals surface area contributed by atoms with E-state index in [0.29, 0.717) is 28.6 Å². The third-order valence-electron chi connectivity index (χ3n) is 4.52. The van der Waals surface area contributed by atoms with Crippen LogP contribution in [0.25, 0.3) is 22.6 Å². The second-order valence-electron chi connectivity index (χ2n) is 6.46. The molecular formula is C23H18N2O5. The topological polar surface area (TPSA) is 87.6 Å². The van der Waals surface area contributed by atoms with E-state index in [2.05, 4.69) is 4.98 Å². The van der Waals surface area contributed by atoms with E-state index in [4.69, 9.17) is 13.9 Å². The van der Waals surface area contributed by atoms with Gasteiger partial charge in [-0.15, -0.1) is 0 Å². The highest BCUT2D eigenvalue weighted by Gasteiger charge is 2.15. The molecule has 0 saturated heterocycles. The number of ether oxygens (including phenoxy) is 2. The van der Waals surface area contributed by atoms with Crippen molar-refractivity contribution in [2.75, 3.05) is 7.11 Å². The van der Waals surface area contributed by atoms with Gasteiger partial charge in [0.25, 0.3) is 5.69 Å². The number of hydrogen-bond acceptors (Lipinski definition) is 6. The van der Waals surface area contributed by atoms with Crippen molar-refractivity contribution in [3.05, 3.63) is 94.9 Å². The number of methoxy groups -OCH3 is 1. The second-order valence-corrected chi connectivity index (χ2v) is 6.46. The summed E-state index contributed by atoms with van der Waals surface area (Å²) in [6.07, 6.45) is 1.54. The smallest absolute Gasteiger partial charge is 0.270 e. The van der Waals surface area contributed by atoms with Gasteiger partial charge in [0.1, 0.15) is 30.1 Å². The number of non-ortho nitro benzene ring substituents is 1. The standard InChI is InChI=1S/C23H18N2O5/c1-28-20-10-7-16(8-11-20)21-13-19(25(26)27)9-12-22(21)29-14-18-15-30-23(24-18)17-5-3-2-4-6-17/h2-13,15H,14H2,1H3. The third-order valence-corrected chi connectivity index (χ3v) is 4.52. The van der Waals surface area contributed by atoms with Crippen molar-refractivity contribution in [2.24, 2.45) is 0 Å². The molecule has 7 nitrogen and oxygen atoms in total. The van der Waals surface area contributed by atoms with Crippen LogP contribution in [0.4, 0.5) is 5.69 Å². The fraction of sp³-hybridized carbons (Fsp3) is 0.0870. The van der Waals surface area contributed by atoms with Crippen LogP contribution in [0.5, 0.6) is 11.5 Å². The monoisotopic (exact) mass is 402 g/mol. The molecule has 4 aromatic rings. The molecule has 0 unspecified atom stereocenters. The van der Waals surface area contributed by atoms with Crippen LogP contribution in [0.2, 0.25) is 0 Å². The molecular weight excluding hydrogens is 384 g/mol. The number of aromatic nitrogens is 1. The van der Waals surface area contributed by atoms with Crippen molar-refractivity contribution in [2.45, 2.75) is 6.61 Å². The number of nitro groups is 1. The van der Waals surface area contributed by atoms with Gasteiger partial charge >= 0.3 is 0 Å². The fourth-order valence-electron chi connectivity index (χ4n) is 2.99. The molecule has 0 amide bonds. The van der Waals surface area contributed by atoms with Gasteiger partial charge in [-0.25, -0.2) is 4.98 Å². The fourth-order valence-corrected chi connectivity index (χ4v) is 2.99. The van der Waals surface area contributed by atoms with Crippen LogP contribution in [0.3, 0.4) is 0 Å². The summed E-state index contributed by atoms with van der Waals surface area (Å²) in [5.74, 6) is 1.71. The molecule has 0 spiro atoms. The van der Waals surface area contributed by atoms with Gasteiger partial charge in [-0.05, 0) is 35.9 Å². The Morgan fingerprint density at radius 2 is 1.77 bits per heavy atom. The van der Waals surface area contributed by atoms with Gasteiger partial charge in [-0.1, -0.05) is 30.3 Å². The molecule has 0 radical (unpaired) electrons. The second kappa shape index (κ2) is 8.48. The first-order valence-electron chi connectivity index (χ1n) is 9.19. The van der Waals surface area contributed by atoms with E-state index < -0.39 is 4.92 Å². The molecule has 7 heteroatoms. The molecule has 150 valence electrons. The minimum atomic E-state index is -0.430. The van der Waals surface area contributed by atoms with Crippen LogP contribution in [-0.2, 0) is 6.61 Å². The molecule has 0 aliphatic carbocycles. The molecule has 30 heavy (non-hydrogen) atoms. The minimum absolute atomic E-state index is 0.0130. The highest BCUT2D eigenvalue weighted by Crippen LogP contribution is 2.35. The first-order valence-corrected chi connectivity index (χ1v) is 9.19. The molecule has 0 aliphatic rings. The number of rotatable bonds is 7. The molecule has 0 fully saturated rings. The number of benzene rings is 3. The summed E-state index contributed by atoms with van der Waals surface area (Å²) >= 11 is 0. The maximum atomic E-state index is 11.2. The first kappa shape index (κ1) is 19.2. The largest absolute Gasteiger partial charge is 0.497 e. The van der Waals surface area contributed by atoms with Crippen molar-refractivity contribution in [1.82, 2.24) is 4.98 Å². The van der Waals surface area contributed by atoms with Crippen molar-refractivity contribution in [1.29, 1.82) is 0 Å². The summed E-state index contributed by atoms with van der Waals surface area (Å²) in [7, 11) is 1.58. The van der Waals surface area contributed by atoms with Crippen molar-refractivity contribution >= 4 is 5.69 Å². The Balaban J connectivity index is 1.59. The molecule has 0 aliphatic heterocycles. The molecule has 3 aromatic carbocycles. The van der Waals surface area contributed by atoms with Crippen LogP contribution in [0, 0.1) is 10.1 Å². The maximum Gasteiger partial charge on any atom is 0.270 e. The van der Waals surface area contributed by atoms with Crippen molar-refractivity contribution < 1.29 is 18.8 Å². The van der Waals surface area contributed by atoms with Crippen LogP contribution in [-0.4, -0.2) is 17.0 Å². The summed E-state index contributed by atoms with van der Waals surface area (Å²) in [6.45, 7) is 0.164. The van der Waals surface area contributed by atoms with E-state index in [0.717, 1.165) is 11.1 Å². The Bertz CT molecular complexity index is 1150. The predicted molar refractivity (Wildman–Crippen MR) is 111 cm³/mol. The molecule has 0 bridgehead atoms. The highest BCUT2D eigenvalue weighted by atomic mass is 16.6.